The van der Waals surface area contributed by atoms with E-state index in [2.05, 4.69) is 16.0 Å². The number of urea groups is 1. The Morgan fingerprint density at radius 3 is 2.73 bits per heavy atom. The van der Waals surface area contributed by atoms with Crippen molar-refractivity contribution in [2.24, 2.45) is 5.73 Å². The third-order valence-electron chi connectivity index (χ3n) is 5.69. The fourth-order valence-corrected chi connectivity index (χ4v) is 4.39. The normalized spacial score (nSPS) is 17.6. The quantitative estimate of drug-likeness (QED) is 0.479. The van der Waals surface area contributed by atoms with E-state index in [9.17, 15) is 19.2 Å². The number of hydrogen-bond acceptors (Lipinski definition) is 5. The van der Waals surface area contributed by atoms with E-state index in [0.29, 0.717) is 35.7 Å². The first-order chi connectivity index (χ1) is 15.8. The largest absolute Gasteiger partial charge is 0.334 e. The minimum Gasteiger partial charge on any atom is -0.334 e. The Labute approximate surface area is 195 Å². The standard InChI is InChI=1S/C23H24ClN5O4/c24-16-8-13(5-6-25)9-17(10-16)27-23(33)26-11-14-1-2-18-15(7-14)12-29(22(18)32)19-3-4-20(30)28-21(19)31/h1-2,7-10,19H,3-6,11-12,25H2,(H2,26,27,33)(H,28,30,31). The van der Waals surface area contributed by atoms with Gasteiger partial charge in [0.2, 0.25) is 11.8 Å². The van der Waals surface area contributed by atoms with Crippen molar-refractivity contribution in [3.63, 3.8) is 0 Å². The van der Waals surface area contributed by atoms with Crippen LogP contribution in [0.5, 0.6) is 0 Å². The van der Waals surface area contributed by atoms with Crippen LogP contribution in [0.25, 0.3) is 0 Å². The number of piperidine rings is 1. The van der Waals surface area contributed by atoms with Crippen LogP contribution in [0.2, 0.25) is 5.02 Å². The van der Waals surface area contributed by atoms with E-state index in [-0.39, 0.29) is 31.3 Å². The number of nitrogens with two attached hydrogens (primary N) is 1. The van der Waals surface area contributed by atoms with Crippen LogP contribution < -0.4 is 21.7 Å². The predicted molar refractivity (Wildman–Crippen MR) is 123 cm³/mol. The van der Waals surface area contributed by atoms with Crippen LogP contribution >= 0.6 is 11.6 Å². The molecule has 4 rings (SSSR count). The Bertz CT molecular complexity index is 1140. The van der Waals surface area contributed by atoms with E-state index in [0.717, 1.165) is 16.7 Å². The summed E-state index contributed by atoms with van der Waals surface area (Å²) in [4.78, 5) is 50.2. The van der Waals surface area contributed by atoms with E-state index >= 15 is 0 Å². The number of carbonyl (C=O) groups is 4. The third kappa shape index (κ3) is 5.15. The first-order valence-electron chi connectivity index (χ1n) is 10.6. The second kappa shape index (κ2) is 9.60. The monoisotopic (exact) mass is 469 g/mol. The molecule has 1 atom stereocenters. The lowest BCUT2D eigenvalue weighted by molar-refractivity contribution is -0.136. The topological polar surface area (TPSA) is 134 Å². The molecule has 1 fully saturated rings. The molecule has 172 valence electrons. The van der Waals surface area contributed by atoms with Crippen LogP contribution in [-0.2, 0) is 29.1 Å². The van der Waals surface area contributed by atoms with E-state index in [1.165, 1.54) is 4.90 Å². The Hall–Kier alpha value is -3.43. The van der Waals surface area contributed by atoms with Crippen molar-refractivity contribution >= 4 is 41.0 Å². The maximum atomic E-state index is 12.8. The van der Waals surface area contributed by atoms with Gasteiger partial charge in [-0.15, -0.1) is 0 Å². The molecule has 2 heterocycles. The van der Waals surface area contributed by atoms with Crippen molar-refractivity contribution in [2.45, 2.75) is 38.4 Å². The van der Waals surface area contributed by atoms with Gasteiger partial charge in [0.15, 0.2) is 0 Å². The Kier molecular flexibility index (Phi) is 6.62. The maximum Gasteiger partial charge on any atom is 0.319 e. The molecule has 33 heavy (non-hydrogen) atoms. The zero-order chi connectivity index (χ0) is 23.5. The highest BCUT2D eigenvalue weighted by Gasteiger charge is 2.39. The van der Waals surface area contributed by atoms with Gasteiger partial charge in [0.05, 0.1) is 0 Å². The van der Waals surface area contributed by atoms with Gasteiger partial charge in [-0.2, -0.15) is 0 Å². The summed E-state index contributed by atoms with van der Waals surface area (Å²) in [6.45, 7) is 1.02. The fraction of sp³-hybridized carbons (Fsp3) is 0.304. The van der Waals surface area contributed by atoms with Crippen LogP contribution in [0, 0.1) is 0 Å². The molecule has 0 radical (unpaired) electrons. The Morgan fingerprint density at radius 2 is 1.97 bits per heavy atom. The van der Waals surface area contributed by atoms with Crippen molar-refractivity contribution in [2.75, 3.05) is 11.9 Å². The van der Waals surface area contributed by atoms with Crippen LogP contribution in [0.15, 0.2) is 36.4 Å². The fourth-order valence-electron chi connectivity index (χ4n) is 4.13. The molecule has 10 heteroatoms. The lowest BCUT2D eigenvalue weighted by atomic mass is 10.0. The first kappa shape index (κ1) is 22.8. The molecule has 0 saturated carbocycles. The molecule has 0 aliphatic carbocycles. The maximum absolute atomic E-state index is 12.8. The number of hydrogen-bond donors (Lipinski definition) is 4. The summed E-state index contributed by atoms with van der Waals surface area (Å²) in [6, 6.07) is 9.56. The van der Waals surface area contributed by atoms with E-state index in [1.54, 1.807) is 24.3 Å². The summed E-state index contributed by atoms with van der Waals surface area (Å²) < 4.78 is 0. The molecule has 1 saturated heterocycles. The zero-order valence-corrected chi connectivity index (χ0v) is 18.6. The van der Waals surface area contributed by atoms with E-state index in [1.807, 2.05) is 12.1 Å². The molecular weight excluding hydrogens is 446 g/mol. The molecule has 1 unspecified atom stereocenters. The lowest BCUT2D eigenvalue weighted by Gasteiger charge is -2.29. The number of anilines is 1. The lowest BCUT2D eigenvalue weighted by Crippen LogP contribution is -2.52. The van der Waals surface area contributed by atoms with Crippen molar-refractivity contribution in [3.8, 4) is 0 Å². The summed E-state index contributed by atoms with van der Waals surface area (Å²) in [6.07, 6.45) is 1.18. The van der Waals surface area contributed by atoms with E-state index in [4.69, 9.17) is 17.3 Å². The highest BCUT2D eigenvalue weighted by Crippen LogP contribution is 2.28. The average molecular weight is 470 g/mol. The van der Waals surface area contributed by atoms with Crippen molar-refractivity contribution < 1.29 is 19.2 Å². The summed E-state index contributed by atoms with van der Waals surface area (Å²) in [5.41, 5.74) is 9.22. The number of carbonyl (C=O) groups excluding carboxylic acids is 4. The summed E-state index contributed by atoms with van der Waals surface area (Å²) in [5.74, 6) is -0.993. The van der Waals surface area contributed by atoms with Crippen LogP contribution in [0.1, 0.15) is 39.9 Å². The number of amides is 5. The zero-order valence-electron chi connectivity index (χ0n) is 17.8. The third-order valence-corrected chi connectivity index (χ3v) is 5.91. The van der Waals surface area contributed by atoms with Gasteiger partial charge < -0.3 is 21.3 Å². The summed E-state index contributed by atoms with van der Waals surface area (Å²) in [5, 5.41) is 8.35. The minimum atomic E-state index is -0.656. The molecule has 0 aromatic heterocycles. The average Bonchev–Trinajstić information content (AvgIpc) is 3.08. The van der Waals surface area contributed by atoms with Gasteiger partial charge in [-0.05, 0) is 60.3 Å². The number of rotatable bonds is 6. The van der Waals surface area contributed by atoms with Gasteiger partial charge in [-0.3, -0.25) is 19.7 Å². The number of nitrogens with zero attached hydrogens (tertiary/aromatic N) is 1. The molecule has 0 spiro atoms. The number of halogens is 1. The molecule has 2 aromatic rings. The van der Waals surface area contributed by atoms with Gasteiger partial charge >= 0.3 is 6.03 Å². The van der Waals surface area contributed by atoms with Crippen molar-refractivity contribution in [1.29, 1.82) is 0 Å². The second-order valence-electron chi connectivity index (χ2n) is 8.09. The molecule has 9 nitrogen and oxygen atoms in total. The number of nitrogens with one attached hydrogen (secondary N) is 3. The number of benzene rings is 2. The SMILES string of the molecule is NCCc1cc(Cl)cc(NC(=O)NCc2ccc3c(c2)CN(C2CCC(=O)NC2=O)C3=O)c1. The molecular formula is C23H24ClN5O4. The van der Waals surface area contributed by atoms with Gasteiger partial charge in [-0.25, -0.2) is 4.79 Å². The van der Waals surface area contributed by atoms with Gasteiger partial charge in [0.1, 0.15) is 6.04 Å². The smallest absolute Gasteiger partial charge is 0.319 e. The predicted octanol–water partition coefficient (Wildman–Crippen LogP) is 1.92. The van der Waals surface area contributed by atoms with Crippen LogP contribution in [-0.4, -0.2) is 41.2 Å². The van der Waals surface area contributed by atoms with Crippen molar-refractivity contribution in [1.82, 2.24) is 15.5 Å². The molecule has 5 N–H and O–H groups in total. The van der Waals surface area contributed by atoms with E-state index < -0.39 is 18.0 Å². The van der Waals surface area contributed by atoms with Gasteiger partial charge in [-0.1, -0.05) is 23.7 Å². The first-order valence-corrected chi connectivity index (χ1v) is 11.0. The highest BCUT2D eigenvalue weighted by molar-refractivity contribution is 6.31. The van der Waals surface area contributed by atoms with Crippen molar-refractivity contribution in [3.05, 3.63) is 63.7 Å². The number of fused-ring (bicyclic) bond motifs is 1. The summed E-state index contributed by atoms with van der Waals surface area (Å²) >= 11 is 6.11. The molecule has 5 amide bonds. The van der Waals surface area contributed by atoms with Gasteiger partial charge in [0, 0.05) is 35.8 Å². The Morgan fingerprint density at radius 1 is 1.15 bits per heavy atom. The summed E-state index contributed by atoms with van der Waals surface area (Å²) in [7, 11) is 0. The Balaban J connectivity index is 1.37. The second-order valence-corrected chi connectivity index (χ2v) is 8.52. The van der Waals surface area contributed by atoms with Gasteiger partial charge in [0.25, 0.3) is 5.91 Å². The highest BCUT2D eigenvalue weighted by atomic mass is 35.5. The number of imide groups is 1. The molecule has 0 bridgehead atoms. The van der Waals surface area contributed by atoms with Crippen LogP contribution in [0.4, 0.5) is 10.5 Å². The van der Waals surface area contributed by atoms with Crippen LogP contribution in [0.3, 0.4) is 0 Å². The molecule has 2 aliphatic rings. The minimum absolute atomic E-state index is 0.209. The molecule has 2 aliphatic heterocycles. The molecule has 2 aromatic carbocycles.